The number of ether oxygens (including phenoxy) is 2. The Morgan fingerprint density at radius 2 is 2.15 bits per heavy atom. The largest absolute Gasteiger partial charge is 0.496 e. The molecule has 106 valence electrons. The third-order valence-electron chi connectivity index (χ3n) is 2.67. The molecule has 0 aliphatic rings. The van der Waals surface area contributed by atoms with E-state index in [1.54, 1.807) is 26.4 Å². The third kappa shape index (κ3) is 2.83. The Kier molecular flexibility index (Phi) is 4.41. The number of aromatic carboxylic acids is 1. The lowest BCUT2D eigenvalue weighted by molar-refractivity contribution is 0.0652. The van der Waals surface area contributed by atoms with E-state index in [9.17, 15) is 4.79 Å². The van der Waals surface area contributed by atoms with E-state index in [0.29, 0.717) is 18.1 Å². The molecule has 1 aromatic heterocycles. The molecule has 0 bridgehead atoms. The number of benzene rings is 1. The normalized spacial score (nSPS) is 10.6. The quantitative estimate of drug-likeness (QED) is 0.900. The van der Waals surface area contributed by atoms with Gasteiger partial charge in [-0.25, -0.2) is 4.79 Å². The van der Waals surface area contributed by atoms with Gasteiger partial charge in [0, 0.05) is 18.7 Å². The average molecular weight is 342 g/mol. The summed E-state index contributed by atoms with van der Waals surface area (Å²) in [7, 11) is 3.14. The number of carboxylic acids is 1. The van der Waals surface area contributed by atoms with Gasteiger partial charge < -0.3 is 19.1 Å². The lowest BCUT2D eigenvalue weighted by Crippen LogP contribution is -1.96. The van der Waals surface area contributed by atoms with Gasteiger partial charge in [-0.2, -0.15) is 0 Å². The molecule has 1 aromatic carbocycles. The minimum absolute atomic E-state index is 0.213. The number of hydrogen-bond acceptors (Lipinski definition) is 5. The fraction of sp³-hybridized carbons (Fsp3) is 0.231. The Morgan fingerprint density at radius 1 is 1.40 bits per heavy atom. The van der Waals surface area contributed by atoms with Crippen LogP contribution in [0.3, 0.4) is 0 Å². The van der Waals surface area contributed by atoms with Crippen molar-refractivity contribution in [3.05, 3.63) is 34.0 Å². The molecule has 0 radical (unpaired) electrons. The van der Waals surface area contributed by atoms with Crippen LogP contribution in [0.4, 0.5) is 0 Å². The van der Waals surface area contributed by atoms with Gasteiger partial charge in [0.15, 0.2) is 0 Å². The van der Waals surface area contributed by atoms with Crippen LogP contribution in [-0.2, 0) is 11.3 Å². The van der Waals surface area contributed by atoms with Gasteiger partial charge in [-0.3, -0.25) is 0 Å². The number of halogens is 1. The number of hydrogen-bond donors (Lipinski definition) is 1. The van der Waals surface area contributed by atoms with Crippen LogP contribution in [0.25, 0.3) is 11.3 Å². The lowest BCUT2D eigenvalue weighted by atomic mass is 10.0. The molecule has 20 heavy (non-hydrogen) atoms. The summed E-state index contributed by atoms with van der Waals surface area (Å²) in [5.41, 5.74) is 1.96. The van der Waals surface area contributed by atoms with Crippen molar-refractivity contribution < 1.29 is 23.9 Å². The summed E-state index contributed by atoms with van der Waals surface area (Å²) in [6.45, 7) is 0.342. The smallest absolute Gasteiger partial charge is 0.374 e. The lowest BCUT2D eigenvalue weighted by Gasteiger charge is -2.10. The van der Waals surface area contributed by atoms with Crippen molar-refractivity contribution >= 4 is 21.9 Å². The van der Waals surface area contributed by atoms with Crippen molar-refractivity contribution in [1.82, 2.24) is 5.16 Å². The van der Waals surface area contributed by atoms with Crippen LogP contribution in [0.1, 0.15) is 16.1 Å². The van der Waals surface area contributed by atoms with Gasteiger partial charge in [0.05, 0.1) is 18.2 Å². The maximum atomic E-state index is 10.8. The highest BCUT2D eigenvalue weighted by Crippen LogP contribution is 2.34. The van der Waals surface area contributed by atoms with E-state index >= 15 is 0 Å². The number of carboxylic acid groups (broad SMARTS) is 1. The van der Waals surface area contributed by atoms with Crippen molar-refractivity contribution in [2.45, 2.75) is 6.61 Å². The standard InChI is InChI=1S/C13H12BrNO5/c1-18-6-7-3-11(19-2)9(14)4-8(7)10-5-12(13(16)17)20-15-10/h3-5H,6H2,1-2H3,(H,16,17). The molecular weight excluding hydrogens is 330 g/mol. The maximum absolute atomic E-state index is 10.8. The maximum Gasteiger partial charge on any atom is 0.374 e. The minimum atomic E-state index is -1.16. The predicted molar refractivity (Wildman–Crippen MR) is 73.9 cm³/mol. The molecule has 0 aliphatic carbocycles. The topological polar surface area (TPSA) is 81.8 Å². The van der Waals surface area contributed by atoms with E-state index in [0.717, 1.165) is 15.6 Å². The number of aromatic nitrogens is 1. The molecule has 0 spiro atoms. The Hall–Kier alpha value is -1.86. The van der Waals surface area contributed by atoms with Gasteiger partial charge in [0.2, 0.25) is 5.76 Å². The van der Waals surface area contributed by atoms with Gasteiger partial charge in [0.1, 0.15) is 11.4 Å². The van der Waals surface area contributed by atoms with Crippen molar-refractivity contribution in [2.75, 3.05) is 14.2 Å². The Morgan fingerprint density at radius 3 is 2.70 bits per heavy atom. The van der Waals surface area contributed by atoms with Crippen molar-refractivity contribution in [1.29, 1.82) is 0 Å². The molecule has 0 amide bonds. The second kappa shape index (κ2) is 6.06. The van der Waals surface area contributed by atoms with Gasteiger partial charge >= 0.3 is 5.97 Å². The van der Waals surface area contributed by atoms with Gasteiger partial charge in [0.25, 0.3) is 0 Å². The fourth-order valence-electron chi connectivity index (χ4n) is 1.77. The molecule has 0 fully saturated rings. The number of carbonyl (C=O) groups is 1. The predicted octanol–water partition coefficient (Wildman–Crippen LogP) is 2.96. The molecule has 0 aliphatic heterocycles. The highest BCUT2D eigenvalue weighted by Gasteiger charge is 2.17. The van der Waals surface area contributed by atoms with Crippen molar-refractivity contribution in [2.24, 2.45) is 0 Å². The molecular formula is C13H12BrNO5. The zero-order valence-electron chi connectivity index (χ0n) is 10.8. The van der Waals surface area contributed by atoms with Gasteiger partial charge in [-0.1, -0.05) is 5.16 Å². The van der Waals surface area contributed by atoms with E-state index in [2.05, 4.69) is 21.1 Å². The summed E-state index contributed by atoms with van der Waals surface area (Å²) in [5, 5.41) is 12.6. The third-order valence-corrected chi connectivity index (χ3v) is 3.29. The van der Waals surface area contributed by atoms with Crippen molar-refractivity contribution in [3.63, 3.8) is 0 Å². The van der Waals surface area contributed by atoms with Crippen LogP contribution in [0, 0.1) is 0 Å². The van der Waals surface area contributed by atoms with Crippen LogP contribution in [0.2, 0.25) is 0 Å². The first-order valence-electron chi connectivity index (χ1n) is 5.62. The molecule has 0 saturated heterocycles. The van der Waals surface area contributed by atoms with E-state index < -0.39 is 5.97 Å². The molecule has 0 atom stereocenters. The Balaban J connectivity index is 2.52. The first-order valence-corrected chi connectivity index (χ1v) is 6.41. The van der Waals surface area contributed by atoms with Crippen LogP contribution in [-0.4, -0.2) is 30.5 Å². The first-order chi connectivity index (χ1) is 9.56. The Labute approximate surface area is 123 Å². The molecule has 2 aromatic rings. The molecule has 1 N–H and O–H groups in total. The van der Waals surface area contributed by atoms with E-state index in [1.807, 2.05) is 0 Å². The Bertz CT molecular complexity index is 638. The van der Waals surface area contributed by atoms with E-state index in [4.69, 9.17) is 19.1 Å². The molecule has 7 heteroatoms. The number of nitrogens with zero attached hydrogens (tertiary/aromatic N) is 1. The zero-order chi connectivity index (χ0) is 14.7. The van der Waals surface area contributed by atoms with Crippen molar-refractivity contribution in [3.8, 4) is 17.0 Å². The average Bonchev–Trinajstić information content (AvgIpc) is 2.90. The number of methoxy groups -OCH3 is 2. The molecule has 1 heterocycles. The second-order valence-corrected chi connectivity index (χ2v) is 4.81. The van der Waals surface area contributed by atoms with E-state index in [1.165, 1.54) is 6.07 Å². The molecule has 0 unspecified atom stereocenters. The van der Waals surface area contributed by atoms with Crippen LogP contribution < -0.4 is 4.74 Å². The van der Waals surface area contributed by atoms with Gasteiger partial charge in [-0.05, 0) is 33.6 Å². The highest BCUT2D eigenvalue weighted by molar-refractivity contribution is 9.10. The van der Waals surface area contributed by atoms with Crippen LogP contribution in [0.15, 0.2) is 27.2 Å². The SMILES string of the molecule is COCc1cc(OC)c(Br)cc1-c1cc(C(=O)O)on1. The number of rotatable bonds is 5. The first kappa shape index (κ1) is 14.5. The highest BCUT2D eigenvalue weighted by atomic mass is 79.9. The molecule has 0 saturated carbocycles. The van der Waals surface area contributed by atoms with E-state index in [-0.39, 0.29) is 5.76 Å². The molecule has 6 nitrogen and oxygen atoms in total. The summed E-state index contributed by atoms with van der Waals surface area (Å²) in [6.07, 6.45) is 0. The molecule has 2 rings (SSSR count). The summed E-state index contributed by atoms with van der Waals surface area (Å²) in [4.78, 5) is 10.8. The van der Waals surface area contributed by atoms with Crippen LogP contribution >= 0.6 is 15.9 Å². The summed E-state index contributed by atoms with van der Waals surface area (Å²) in [6, 6.07) is 4.96. The summed E-state index contributed by atoms with van der Waals surface area (Å²) >= 11 is 3.39. The monoisotopic (exact) mass is 341 g/mol. The van der Waals surface area contributed by atoms with Gasteiger partial charge in [-0.15, -0.1) is 0 Å². The fourth-order valence-corrected chi connectivity index (χ4v) is 2.27. The summed E-state index contributed by atoms with van der Waals surface area (Å²) < 4.78 is 15.9. The second-order valence-electron chi connectivity index (χ2n) is 3.96. The minimum Gasteiger partial charge on any atom is -0.496 e. The van der Waals surface area contributed by atoms with Crippen LogP contribution in [0.5, 0.6) is 5.75 Å². The zero-order valence-corrected chi connectivity index (χ0v) is 12.4. The summed E-state index contributed by atoms with van der Waals surface area (Å²) in [5.74, 6) is -0.720.